The minimum atomic E-state index is -3.87. The Balaban J connectivity index is 0.806. The van der Waals surface area contributed by atoms with Gasteiger partial charge in [0, 0.05) is 78.8 Å². The van der Waals surface area contributed by atoms with Crippen LogP contribution in [0, 0.1) is 31.5 Å². The molecule has 7 heterocycles. The zero-order valence-electron chi connectivity index (χ0n) is 43.7. The number of aryl methyl sites for hydroxylation is 1. The van der Waals surface area contributed by atoms with E-state index < -0.39 is 32.5 Å². The molecule has 0 radical (unpaired) electrons. The summed E-state index contributed by atoms with van der Waals surface area (Å²) in [6, 6.07) is 6.76. The summed E-state index contributed by atoms with van der Waals surface area (Å²) in [6.07, 6.45) is 8.26. The second-order valence-corrected chi connectivity index (χ2v) is 24.4. The Morgan fingerprint density at radius 2 is 1.62 bits per heavy atom. The maximum absolute atomic E-state index is 14.6. The number of aromatic amines is 1. The SMILES string of the molecule is CNC(C)C(=O)NC(C(=O)N1CCCC1c1nc(C(=O)c2ccc(F)cc2)cs1)C1CCN(C(=O)c2cnc(N3CCC(COc4cc5ncnc(Nc6n[nH]c(C)c6C)c5cc4S(=O)(=O)C(C)(C)C)CC3)nc2)CC1. The number of halogens is 1. The number of thiazole rings is 1. The Kier molecular flexibility index (Phi) is 15.8. The molecule has 4 N–H and O–H groups in total. The molecule has 3 atom stereocenters. The van der Waals surface area contributed by atoms with E-state index in [2.05, 4.69) is 56.0 Å². The lowest BCUT2D eigenvalue weighted by Gasteiger charge is -2.38. The van der Waals surface area contributed by atoms with Gasteiger partial charge in [0.1, 0.15) is 45.4 Å². The predicted molar refractivity (Wildman–Crippen MR) is 285 cm³/mol. The largest absolute Gasteiger partial charge is 0.492 e. The molecule has 3 fully saturated rings. The number of hydrogen-bond donors (Lipinski definition) is 4. The van der Waals surface area contributed by atoms with E-state index in [0.717, 1.165) is 30.5 Å². The number of likely N-dealkylation sites (N-methyl/N-ethyl adjacent to an activating group) is 1. The van der Waals surface area contributed by atoms with Crippen molar-refractivity contribution in [2.24, 2.45) is 11.8 Å². The number of nitrogens with one attached hydrogen (secondary N) is 4. The highest BCUT2D eigenvalue weighted by atomic mass is 32.2. The topological polar surface area (TPSA) is 251 Å². The molecule has 20 nitrogen and oxygen atoms in total. The van der Waals surface area contributed by atoms with E-state index in [-0.39, 0.29) is 64.3 Å². The first-order chi connectivity index (χ1) is 36.3. The molecule has 6 aromatic rings. The van der Waals surface area contributed by atoms with Gasteiger partial charge in [0.05, 0.1) is 34.5 Å². The van der Waals surface area contributed by atoms with Crippen LogP contribution < -0.4 is 25.6 Å². The van der Waals surface area contributed by atoms with Gasteiger partial charge in [-0.2, -0.15) is 5.10 Å². The maximum atomic E-state index is 14.6. The standard InChI is InChI=1S/C53H64FN13O7S2/c1-30-31(2)63-64-46(30)62-47-38-23-43(76(72,73)53(4,5)6)42(24-39(38)58-29-59-47)74-27-33-14-19-66(20-15-33)52-56-25-36(26-57-52)50(70)65-21-16-34(17-22-65)44(61-48(69)32(3)55-7)51(71)67-18-8-9-41(67)49-60-40(28-75-49)45(68)35-10-12-37(54)13-11-35/h10-13,23-26,28-29,32-34,41,44,55H,8-9,14-22,27H2,1-7H3,(H,61,69)(H2,58,59,62,63,64). The number of ether oxygens (including phenoxy) is 1. The first-order valence-corrected chi connectivity index (χ1v) is 28.0. The Morgan fingerprint density at radius 3 is 2.28 bits per heavy atom. The number of aromatic nitrogens is 7. The average Bonchev–Trinajstić information content (AvgIpc) is 4.21. The van der Waals surface area contributed by atoms with Crippen LogP contribution in [-0.2, 0) is 19.4 Å². The van der Waals surface area contributed by atoms with Crippen molar-refractivity contribution >= 4 is 73.2 Å². The summed E-state index contributed by atoms with van der Waals surface area (Å²) in [7, 11) is -2.20. The number of nitrogens with zero attached hydrogens (tertiary/aromatic N) is 9. The van der Waals surface area contributed by atoms with E-state index in [1.165, 1.54) is 41.9 Å². The molecular weight excluding hydrogens is 1010 g/mol. The predicted octanol–water partition coefficient (Wildman–Crippen LogP) is 6.51. The molecule has 3 aliphatic heterocycles. The van der Waals surface area contributed by atoms with Crippen LogP contribution in [-0.4, -0.2) is 140 Å². The average molecular weight is 1080 g/mol. The van der Waals surface area contributed by atoms with E-state index in [0.29, 0.717) is 96.6 Å². The van der Waals surface area contributed by atoms with Gasteiger partial charge < -0.3 is 35.4 Å². The number of ketones is 1. The van der Waals surface area contributed by atoms with Crippen molar-refractivity contribution in [3.8, 4) is 5.75 Å². The number of sulfone groups is 1. The number of carbonyl (C=O) groups is 4. The molecule has 3 aliphatic rings. The molecule has 23 heteroatoms. The van der Waals surface area contributed by atoms with Crippen molar-refractivity contribution in [1.29, 1.82) is 0 Å². The normalized spacial score (nSPS) is 17.7. The molecule has 402 valence electrons. The van der Waals surface area contributed by atoms with Crippen LogP contribution in [0.3, 0.4) is 0 Å². The van der Waals surface area contributed by atoms with Gasteiger partial charge in [-0.3, -0.25) is 24.3 Å². The molecule has 4 aromatic heterocycles. The third-order valence-corrected chi connectivity index (χ3v) is 18.4. The van der Waals surface area contributed by atoms with E-state index in [4.69, 9.17) is 4.74 Å². The van der Waals surface area contributed by atoms with Crippen LogP contribution >= 0.6 is 11.3 Å². The molecule has 9 rings (SSSR count). The summed E-state index contributed by atoms with van der Waals surface area (Å²) in [5.41, 5.74) is 3.20. The second kappa shape index (κ2) is 22.3. The maximum Gasteiger partial charge on any atom is 0.256 e. The fraction of sp³-hybridized carbons (Fsp3) is 0.472. The summed E-state index contributed by atoms with van der Waals surface area (Å²) in [4.78, 5) is 83.4. The molecule has 0 saturated carbocycles. The molecule has 76 heavy (non-hydrogen) atoms. The van der Waals surface area contributed by atoms with Gasteiger partial charge in [-0.25, -0.2) is 37.7 Å². The van der Waals surface area contributed by atoms with Crippen LogP contribution in [0.25, 0.3) is 10.9 Å². The Bertz CT molecular complexity index is 3220. The minimum absolute atomic E-state index is 0.0592. The van der Waals surface area contributed by atoms with Crippen LogP contribution in [0.15, 0.2) is 65.4 Å². The van der Waals surface area contributed by atoms with Crippen LogP contribution in [0.5, 0.6) is 5.75 Å². The first-order valence-electron chi connectivity index (χ1n) is 25.7. The fourth-order valence-corrected chi connectivity index (χ4v) is 12.1. The lowest BCUT2D eigenvalue weighted by Crippen LogP contribution is -2.57. The van der Waals surface area contributed by atoms with Crippen molar-refractivity contribution < 1.29 is 36.7 Å². The Morgan fingerprint density at radius 1 is 0.908 bits per heavy atom. The van der Waals surface area contributed by atoms with Gasteiger partial charge in [-0.1, -0.05) is 0 Å². The molecular formula is C53H64FN13O7S2. The third-order valence-electron chi connectivity index (χ3n) is 14.9. The summed E-state index contributed by atoms with van der Waals surface area (Å²) < 4.78 is 46.9. The number of likely N-dealkylation sites (tertiary alicyclic amines) is 2. The number of fused-ring (bicyclic) bond motifs is 1. The van der Waals surface area contributed by atoms with Crippen molar-refractivity contribution in [3.05, 3.63) is 99.4 Å². The number of anilines is 3. The summed E-state index contributed by atoms with van der Waals surface area (Å²) >= 11 is 1.30. The van der Waals surface area contributed by atoms with Crippen LogP contribution in [0.1, 0.15) is 115 Å². The van der Waals surface area contributed by atoms with E-state index in [1.54, 1.807) is 74.4 Å². The monoisotopic (exact) mass is 1080 g/mol. The third kappa shape index (κ3) is 11.3. The Hall–Kier alpha value is -6.98. The van der Waals surface area contributed by atoms with E-state index in [9.17, 15) is 32.0 Å². The molecule has 0 aliphatic carbocycles. The number of piperidine rings is 2. The van der Waals surface area contributed by atoms with Gasteiger partial charge in [0.15, 0.2) is 15.7 Å². The number of rotatable bonds is 16. The lowest BCUT2D eigenvalue weighted by atomic mass is 9.87. The zero-order chi connectivity index (χ0) is 54.1. The van der Waals surface area contributed by atoms with Gasteiger partial charge in [-0.05, 0) is 129 Å². The highest BCUT2D eigenvalue weighted by Crippen LogP contribution is 2.39. The number of carbonyl (C=O) groups excluding carboxylic acids is 4. The molecule has 2 aromatic carbocycles. The van der Waals surface area contributed by atoms with Gasteiger partial charge >= 0.3 is 0 Å². The van der Waals surface area contributed by atoms with Gasteiger partial charge in [-0.15, -0.1) is 11.3 Å². The quantitative estimate of drug-likeness (QED) is 0.0755. The van der Waals surface area contributed by atoms with Crippen molar-refractivity contribution in [1.82, 2.24) is 55.6 Å². The number of H-pyrrole nitrogens is 1. The van der Waals surface area contributed by atoms with E-state index in [1.807, 2.05) is 13.8 Å². The lowest BCUT2D eigenvalue weighted by molar-refractivity contribution is -0.139. The highest BCUT2D eigenvalue weighted by molar-refractivity contribution is 7.92. The van der Waals surface area contributed by atoms with Crippen molar-refractivity contribution in [2.45, 2.75) is 108 Å². The minimum Gasteiger partial charge on any atom is -0.492 e. The van der Waals surface area contributed by atoms with Gasteiger partial charge in [0.2, 0.25) is 23.5 Å². The summed E-state index contributed by atoms with van der Waals surface area (Å²) in [5, 5.41) is 19.3. The number of amides is 3. The molecule has 3 saturated heterocycles. The van der Waals surface area contributed by atoms with Crippen molar-refractivity contribution in [2.75, 3.05) is 56.6 Å². The fourth-order valence-electron chi connectivity index (χ4n) is 9.81. The Labute approximate surface area is 445 Å². The molecule has 3 amide bonds. The molecule has 0 spiro atoms. The zero-order valence-corrected chi connectivity index (χ0v) is 45.4. The van der Waals surface area contributed by atoms with Gasteiger partial charge in [0.25, 0.3) is 5.91 Å². The number of hydrogen-bond acceptors (Lipinski definition) is 17. The number of benzene rings is 2. The van der Waals surface area contributed by atoms with Crippen molar-refractivity contribution in [3.63, 3.8) is 0 Å². The summed E-state index contributed by atoms with van der Waals surface area (Å²) in [5.74, 6) is 0.0233. The summed E-state index contributed by atoms with van der Waals surface area (Å²) in [6.45, 7) is 13.2. The van der Waals surface area contributed by atoms with E-state index >= 15 is 0 Å². The molecule has 3 unspecified atom stereocenters. The highest BCUT2D eigenvalue weighted by Gasteiger charge is 2.42. The smallest absolute Gasteiger partial charge is 0.256 e. The van der Waals surface area contributed by atoms with Crippen LogP contribution in [0.2, 0.25) is 0 Å². The first kappa shape index (κ1) is 53.8. The molecule has 0 bridgehead atoms. The second-order valence-electron chi connectivity index (χ2n) is 20.8. The van der Waals surface area contributed by atoms with Crippen LogP contribution in [0.4, 0.5) is 22.0 Å².